The molecule has 1 fully saturated rings. The fourth-order valence-corrected chi connectivity index (χ4v) is 3.57. The Bertz CT molecular complexity index is 1070. The molecule has 0 radical (unpaired) electrons. The molecule has 0 unspecified atom stereocenters. The molecule has 3 N–H and O–H groups in total. The summed E-state index contributed by atoms with van der Waals surface area (Å²) in [5, 5.41) is 3.00. The number of nitrogens with one attached hydrogen (secondary N) is 1. The molecule has 9 nitrogen and oxygen atoms in total. The van der Waals surface area contributed by atoms with Gasteiger partial charge in [-0.1, -0.05) is 19.1 Å². The summed E-state index contributed by atoms with van der Waals surface area (Å²) in [5.74, 6) is 1.64. The predicted octanol–water partition coefficient (Wildman–Crippen LogP) is 2.95. The summed E-state index contributed by atoms with van der Waals surface area (Å²) in [4.78, 5) is 29.2. The lowest BCUT2D eigenvalue weighted by Crippen LogP contribution is -2.50. The fraction of sp³-hybridized carbons (Fsp3) is 0.304. The highest BCUT2D eigenvalue weighted by atomic mass is 16.5. The number of piperazine rings is 1. The number of hydrogen-bond donors (Lipinski definition) is 2. The highest BCUT2D eigenvalue weighted by molar-refractivity contribution is 5.89. The fourth-order valence-electron chi connectivity index (χ4n) is 3.57. The number of nitrogen functional groups attached to an aromatic ring is 1. The first-order chi connectivity index (χ1) is 15.6. The van der Waals surface area contributed by atoms with Gasteiger partial charge in [-0.2, -0.15) is 0 Å². The van der Waals surface area contributed by atoms with Gasteiger partial charge in [0.15, 0.2) is 11.6 Å². The lowest BCUT2D eigenvalue weighted by atomic mass is 10.1. The third-order valence-electron chi connectivity index (χ3n) is 5.31. The lowest BCUT2D eigenvalue weighted by molar-refractivity contribution is 0.208. The van der Waals surface area contributed by atoms with Crippen molar-refractivity contribution in [3.8, 4) is 5.75 Å². The van der Waals surface area contributed by atoms with E-state index in [4.69, 9.17) is 10.5 Å². The van der Waals surface area contributed by atoms with Gasteiger partial charge in [-0.05, 0) is 42.3 Å². The monoisotopic (exact) mass is 433 g/mol. The van der Waals surface area contributed by atoms with Crippen molar-refractivity contribution in [3.63, 3.8) is 0 Å². The Morgan fingerprint density at radius 2 is 1.94 bits per heavy atom. The topological polar surface area (TPSA) is 110 Å². The summed E-state index contributed by atoms with van der Waals surface area (Å²) in [6, 6.07) is 13.3. The molecule has 0 spiro atoms. The summed E-state index contributed by atoms with van der Waals surface area (Å²) < 4.78 is 5.96. The molecule has 0 saturated carbocycles. The normalized spacial score (nSPS) is 13.7. The minimum absolute atomic E-state index is 0.0863. The van der Waals surface area contributed by atoms with Gasteiger partial charge in [0.05, 0.1) is 5.69 Å². The van der Waals surface area contributed by atoms with Crippen LogP contribution in [0.5, 0.6) is 5.75 Å². The quantitative estimate of drug-likeness (QED) is 0.615. The van der Waals surface area contributed by atoms with E-state index in [1.165, 1.54) is 5.56 Å². The molecule has 1 aliphatic rings. The number of anilines is 3. The Balaban J connectivity index is 1.35. The van der Waals surface area contributed by atoms with Gasteiger partial charge in [0.2, 0.25) is 5.95 Å². The number of pyridine rings is 1. The SMILES string of the molecule is CCc1cccc(NC(=O)N2CCN(c3ncccc3OCc3ccnc(N)n3)CC2)c1. The number of ether oxygens (including phenoxy) is 1. The number of urea groups is 1. The van der Waals surface area contributed by atoms with Crippen molar-refractivity contribution < 1.29 is 9.53 Å². The predicted molar refractivity (Wildman–Crippen MR) is 124 cm³/mol. The molecule has 3 heterocycles. The molecule has 0 aliphatic carbocycles. The largest absolute Gasteiger partial charge is 0.483 e. The third kappa shape index (κ3) is 5.23. The van der Waals surface area contributed by atoms with Crippen LogP contribution in [0.3, 0.4) is 0 Å². The number of aromatic nitrogens is 3. The van der Waals surface area contributed by atoms with E-state index in [1.807, 2.05) is 35.2 Å². The van der Waals surface area contributed by atoms with Gasteiger partial charge >= 0.3 is 6.03 Å². The Hall–Kier alpha value is -3.88. The first-order valence-electron chi connectivity index (χ1n) is 10.7. The van der Waals surface area contributed by atoms with Crippen LogP contribution in [0.4, 0.5) is 22.2 Å². The maximum Gasteiger partial charge on any atom is 0.321 e. The van der Waals surface area contributed by atoms with Crippen molar-refractivity contribution in [2.45, 2.75) is 20.0 Å². The highest BCUT2D eigenvalue weighted by Gasteiger charge is 2.24. The third-order valence-corrected chi connectivity index (χ3v) is 5.31. The zero-order chi connectivity index (χ0) is 22.3. The van der Waals surface area contributed by atoms with Crippen molar-refractivity contribution in [1.29, 1.82) is 0 Å². The van der Waals surface area contributed by atoms with E-state index >= 15 is 0 Å². The van der Waals surface area contributed by atoms with Crippen molar-refractivity contribution in [2.75, 3.05) is 42.1 Å². The number of carbonyl (C=O) groups is 1. The van der Waals surface area contributed by atoms with E-state index in [0.29, 0.717) is 37.6 Å². The van der Waals surface area contributed by atoms with Gasteiger partial charge in [0, 0.05) is 44.3 Å². The summed E-state index contributed by atoms with van der Waals surface area (Å²) in [7, 11) is 0. The molecular weight excluding hydrogens is 406 g/mol. The van der Waals surface area contributed by atoms with Gasteiger partial charge in [-0.3, -0.25) is 0 Å². The standard InChI is InChI=1S/C23H27N7O2/c1-2-17-5-3-6-18(15-17)28-23(31)30-13-11-29(12-14-30)21-20(7-4-9-25-21)32-16-19-8-10-26-22(24)27-19/h3-10,15H,2,11-14,16H2,1H3,(H,28,31)(H2,24,26,27). The minimum atomic E-state index is -0.0863. The maximum absolute atomic E-state index is 12.7. The molecule has 3 aromatic rings. The van der Waals surface area contributed by atoms with Gasteiger partial charge in [0.25, 0.3) is 0 Å². The number of benzene rings is 1. The summed E-state index contributed by atoms with van der Waals surface area (Å²) in [6.45, 7) is 4.88. The average molecular weight is 434 g/mol. The molecular formula is C23H27N7O2. The molecule has 1 saturated heterocycles. The molecule has 166 valence electrons. The van der Waals surface area contributed by atoms with Crippen LogP contribution in [0.25, 0.3) is 0 Å². The molecule has 0 atom stereocenters. The number of hydrogen-bond acceptors (Lipinski definition) is 7. The second-order valence-electron chi connectivity index (χ2n) is 7.48. The first kappa shape index (κ1) is 21.4. The van der Waals surface area contributed by atoms with Crippen molar-refractivity contribution in [2.24, 2.45) is 0 Å². The lowest BCUT2D eigenvalue weighted by Gasteiger charge is -2.35. The second-order valence-corrected chi connectivity index (χ2v) is 7.48. The van der Waals surface area contributed by atoms with E-state index in [1.54, 1.807) is 18.5 Å². The van der Waals surface area contributed by atoms with E-state index in [0.717, 1.165) is 17.9 Å². The van der Waals surface area contributed by atoms with Crippen LogP contribution < -0.4 is 20.7 Å². The van der Waals surface area contributed by atoms with Crippen LogP contribution in [0.2, 0.25) is 0 Å². The summed E-state index contributed by atoms with van der Waals surface area (Å²) in [5.41, 5.74) is 8.35. The smallest absolute Gasteiger partial charge is 0.321 e. The van der Waals surface area contributed by atoms with Crippen molar-refractivity contribution in [1.82, 2.24) is 19.9 Å². The molecule has 4 rings (SSSR count). The van der Waals surface area contributed by atoms with Gasteiger partial charge < -0.3 is 25.6 Å². The number of nitrogens with two attached hydrogens (primary N) is 1. The summed E-state index contributed by atoms with van der Waals surface area (Å²) in [6.07, 6.45) is 4.28. The molecule has 9 heteroatoms. The Morgan fingerprint density at radius 3 is 2.72 bits per heavy atom. The second kappa shape index (κ2) is 9.95. The van der Waals surface area contributed by atoms with Crippen LogP contribution in [0, 0.1) is 0 Å². The minimum Gasteiger partial charge on any atom is -0.483 e. The average Bonchev–Trinajstić information content (AvgIpc) is 2.83. The van der Waals surface area contributed by atoms with Crippen LogP contribution in [0.15, 0.2) is 54.9 Å². The number of carbonyl (C=O) groups excluding carboxylic acids is 1. The Kier molecular flexibility index (Phi) is 6.64. The Labute approximate surface area is 187 Å². The van der Waals surface area contributed by atoms with Crippen LogP contribution in [-0.2, 0) is 13.0 Å². The van der Waals surface area contributed by atoms with E-state index in [2.05, 4.69) is 38.2 Å². The number of nitrogens with zero attached hydrogens (tertiary/aromatic N) is 5. The Morgan fingerprint density at radius 1 is 1.09 bits per heavy atom. The zero-order valence-electron chi connectivity index (χ0n) is 18.1. The van der Waals surface area contributed by atoms with Gasteiger partial charge in [0.1, 0.15) is 6.61 Å². The zero-order valence-corrected chi connectivity index (χ0v) is 18.1. The first-order valence-corrected chi connectivity index (χ1v) is 10.7. The molecule has 32 heavy (non-hydrogen) atoms. The molecule has 1 aliphatic heterocycles. The number of rotatable bonds is 6. The van der Waals surface area contributed by atoms with Crippen LogP contribution in [0.1, 0.15) is 18.2 Å². The molecule has 2 amide bonds. The molecule has 1 aromatic carbocycles. The molecule has 0 bridgehead atoms. The summed E-state index contributed by atoms with van der Waals surface area (Å²) >= 11 is 0. The van der Waals surface area contributed by atoms with Gasteiger partial charge in [-0.25, -0.2) is 19.7 Å². The van der Waals surface area contributed by atoms with Crippen LogP contribution >= 0.6 is 0 Å². The number of aryl methyl sites for hydroxylation is 1. The van der Waals surface area contributed by atoms with E-state index in [9.17, 15) is 4.79 Å². The maximum atomic E-state index is 12.7. The van der Waals surface area contributed by atoms with Gasteiger partial charge in [-0.15, -0.1) is 0 Å². The number of amides is 2. The van der Waals surface area contributed by atoms with Crippen molar-refractivity contribution in [3.05, 3.63) is 66.1 Å². The van der Waals surface area contributed by atoms with Crippen LogP contribution in [-0.4, -0.2) is 52.1 Å². The van der Waals surface area contributed by atoms with E-state index < -0.39 is 0 Å². The van der Waals surface area contributed by atoms with E-state index in [-0.39, 0.29) is 18.6 Å². The highest BCUT2D eigenvalue weighted by Crippen LogP contribution is 2.27. The van der Waals surface area contributed by atoms with Crippen molar-refractivity contribution >= 4 is 23.5 Å². The molecule has 2 aromatic heterocycles.